The van der Waals surface area contributed by atoms with Crippen molar-refractivity contribution in [1.29, 1.82) is 0 Å². The standard InChI is InChI=1S/C26H24BrN5/c1-17-22(14-28-15-23(17)27)26-30-29-24-16-31(12-13-32(24)26)25-20-8-4-2-6-18(20)10-11-19-7-3-5-9-21(19)25/h2-9,14-15,25H,10-13,16H2,1H3. The molecule has 4 aromatic rings. The van der Waals surface area contributed by atoms with Crippen LogP contribution in [0, 0.1) is 6.92 Å². The molecule has 3 heterocycles. The summed E-state index contributed by atoms with van der Waals surface area (Å²) in [4.78, 5) is 6.93. The number of hydrogen-bond acceptors (Lipinski definition) is 4. The minimum absolute atomic E-state index is 0.244. The Kier molecular flexibility index (Phi) is 4.92. The van der Waals surface area contributed by atoms with E-state index in [1.807, 2.05) is 12.4 Å². The number of pyridine rings is 1. The summed E-state index contributed by atoms with van der Waals surface area (Å²) in [6.07, 6.45) is 5.90. The first-order chi connectivity index (χ1) is 15.7. The molecule has 1 aliphatic heterocycles. The molecule has 0 saturated heterocycles. The molecule has 2 aliphatic rings. The molecule has 0 amide bonds. The van der Waals surface area contributed by atoms with E-state index in [-0.39, 0.29) is 6.04 Å². The van der Waals surface area contributed by atoms with Crippen molar-refractivity contribution in [1.82, 2.24) is 24.6 Å². The van der Waals surface area contributed by atoms with Crippen molar-refractivity contribution >= 4 is 15.9 Å². The summed E-state index contributed by atoms with van der Waals surface area (Å²) in [5.74, 6) is 1.93. The van der Waals surface area contributed by atoms with Gasteiger partial charge in [0, 0.05) is 35.5 Å². The van der Waals surface area contributed by atoms with Crippen LogP contribution < -0.4 is 0 Å². The molecule has 6 rings (SSSR count). The first-order valence-corrected chi connectivity index (χ1v) is 11.9. The monoisotopic (exact) mass is 485 g/mol. The number of fused-ring (bicyclic) bond motifs is 3. The fourth-order valence-electron chi connectivity index (χ4n) is 5.21. The van der Waals surface area contributed by atoms with Crippen LogP contribution in [-0.2, 0) is 25.9 Å². The number of aryl methyl sites for hydroxylation is 2. The van der Waals surface area contributed by atoms with Gasteiger partial charge in [0.15, 0.2) is 5.82 Å². The average molecular weight is 486 g/mol. The lowest BCUT2D eigenvalue weighted by Crippen LogP contribution is -2.37. The summed E-state index contributed by atoms with van der Waals surface area (Å²) < 4.78 is 3.26. The third-order valence-corrected chi connectivity index (χ3v) is 7.71. The molecule has 160 valence electrons. The van der Waals surface area contributed by atoms with Gasteiger partial charge >= 0.3 is 0 Å². The highest BCUT2D eigenvalue weighted by Crippen LogP contribution is 2.39. The zero-order chi connectivity index (χ0) is 21.7. The molecular formula is C26H24BrN5. The summed E-state index contributed by atoms with van der Waals surface area (Å²) in [6.45, 7) is 4.69. The smallest absolute Gasteiger partial charge is 0.165 e. The van der Waals surface area contributed by atoms with Crippen molar-refractivity contribution in [2.45, 2.75) is 38.9 Å². The first-order valence-electron chi connectivity index (χ1n) is 11.1. The zero-order valence-electron chi connectivity index (χ0n) is 18.0. The van der Waals surface area contributed by atoms with Gasteiger partial charge in [-0.15, -0.1) is 10.2 Å². The van der Waals surface area contributed by atoms with Crippen molar-refractivity contribution in [2.24, 2.45) is 0 Å². The maximum Gasteiger partial charge on any atom is 0.165 e. The molecule has 2 aromatic carbocycles. The van der Waals surface area contributed by atoms with Gasteiger partial charge < -0.3 is 4.57 Å². The number of benzene rings is 2. The van der Waals surface area contributed by atoms with Crippen LogP contribution in [0.25, 0.3) is 11.4 Å². The quantitative estimate of drug-likeness (QED) is 0.395. The van der Waals surface area contributed by atoms with E-state index in [1.54, 1.807) is 0 Å². The number of hydrogen-bond donors (Lipinski definition) is 0. The predicted octanol–water partition coefficient (Wildman–Crippen LogP) is 5.11. The van der Waals surface area contributed by atoms with Crippen LogP contribution in [0.1, 0.15) is 39.7 Å². The Morgan fingerprint density at radius 2 is 1.56 bits per heavy atom. The number of halogens is 1. The number of rotatable bonds is 2. The molecule has 0 fully saturated rings. The highest BCUT2D eigenvalue weighted by molar-refractivity contribution is 9.10. The van der Waals surface area contributed by atoms with E-state index in [4.69, 9.17) is 0 Å². The van der Waals surface area contributed by atoms with E-state index in [0.717, 1.165) is 59.7 Å². The molecule has 6 heteroatoms. The van der Waals surface area contributed by atoms with Crippen LogP contribution in [-0.4, -0.2) is 31.2 Å². The topological polar surface area (TPSA) is 46.8 Å². The van der Waals surface area contributed by atoms with Crippen molar-refractivity contribution < 1.29 is 0 Å². The van der Waals surface area contributed by atoms with Gasteiger partial charge in [0.25, 0.3) is 0 Å². The van der Waals surface area contributed by atoms with Gasteiger partial charge in [-0.25, -0.2) is 0 Å². The van der Waals surface area contributed by atoms with Crippen molar-refractivity contribution in [3.05, 3.63) is 99.0 Å². The Balaban J connectivity index is 1.41. The molecule has 2 aromatic heterocycles. The minimum Gasteiger partial charge on any atom is -0.309 e. The maximum absolute atomic E-state index is 4.61. The van der Waals surface area contributed by atoms with Crippen molar-refractivity contribution in [2.75, 3.05) is 6.54 Å². The van der Waals surface area contributed by atoms with Crippen LogP contribution in [0.15, 0.2) is 65.4 Å². The average Bonchev–Trinajstić information content (AvgIpc) is 3.16. The lowest BCUT2D eigenvalue weighted by atomic mass is 9.93. The van der Waals surface area contributed by atoms with Crippen LogP contribution >= 0.6 is 15.9 Å². The second-order valence-electron chi connectivity index (χ2n) is 8.66. The number of aromatic nitrogens is 4. The van der Waals surface area contributed by atoms with E-state index in [9.17, 15) is 0 Å². The predicted molar refractivity (Wildman–Crippen MR) is 128 cm³/mol. The van der Waals surface area contributed by atoms with E-state index in [1.165, 1.54) is 22.3 Å². The molecule has 0 radical (unpaired) electrons. The molecule has 5 nitrogen and oxygen atoms in total. The van der Waals surface area contributed by atoms with Gasteiger partial charge in [0.05, 0.1) is 12.6 Å². The van der Waals surface area contributed by atoms with E-state index in [2.05, 4.69) is 96.0 Å². The van der Waals surface area contributed by atoms with E-state index in [0.29, 0.717) is 0 Å². The summed E-state index contributed by atoms with van der Waals surface area (Å²) in [5.41, 5.74) is 7.95. The summed E-state index contributed by atoms with van der Waals surface area (Å²) in [5, 5.41) is 9.19. The minimum atomic E-state index is 0.244. The maximum atomic E-state index is 4.61. The molecule has 0 saturated carbocycles. The van der Waals surface area contributed by atoms with Gasteiger partial charge in [0.2, 0.25) is 0 Å². The van der Waals surface area contributed by atoms with Gasteiger partial charge in [-0.05, 0) is 63.5 Å². The Hall–Kier alpha value is -2.83. The summed E-state index contributed by atoms with van der Waals surface area (Å²) in [7, 11) is 0. The Bertz CT molecular complexity index is 1260. The fraction of sp³-hybridized carbons (Fsp3) is 0.269. The lowest BCUT2D eigenvalue weighted by Gasteiger charge is -2.36. The molecule has 0 spiro atoms. The van der Waals surface area contributed by atoms with Crippen molar-refractivity contribution in [3.8, 4) is 11.4 Å². The van der Waals surface area contributed by atoms with Crippen LogP contribution in [0.2, 0.25) is 0 Å². The second-order valence-corrected chi connectivity index (χ2v) is 9.51. The SMILES string of the molecule is Cc1c(Br)cncc1-c1nnc2n1CCN(C1c3ccccc3CCc3ccccc31)C2. The molecule has 0 unspecified atom stereocenters. The van der Waals surface area contributed by atoms with Crippen LogP contribution in [0.3, 0.4) is 0 Å². The Labute approximate surface area is 196 Å². The molecule has 32 heavy (non-hydrogen) atoms. The largest absolute Gasteiger partial charge is 0.309 e. The third-order valence-electron chi connectivity index (χ3n) is 6.91. The first kappa shape index (κ1) is 19.8. The fourth-order valence-corrected chi connectivity index (χ4v) is 5.54. The molecule has 0 N–H and O–H groups in total. The molecular weight excluding hydrogens is 462 g/mol. The highest BCUT2D eigenvalue weighted by atomic mass is 79.9. The molecule has 0 bridgehead atoms. The molecule has 1 aliphatic carbocycles. The Morgan fingerprint density at radius 1 is 0.875 bits per heavy atom. The van der Waals surface area contributed by atoms with Crippen LogP contribution in [0.4, 0.5) is 0 Å². The van der Waals surface area contributed by atoms with Crippen LogP contribution in [0.5, 0.6) is 0 Å². The molecule has 0 atom stereocenters. The van der Waals surface area contributed by atoms with E-state index < -0.39 is 0 Å². The zero-order valence-corrected chi connectivity index (χ0v) is 19.6. The summed E-state index contributed by atoms with van der Waals surface area (Å²) in [6, 6.07) is 18.1. The van der Waals surface area contributed by atoms with Gasteiger partial charge in [-0.3, -0.25) is 9.88 Å². The van der Waals surface area contributed by atoms with Gasteiger partial charge in [-0.2, -0.15) is 0 Å². The van der Waals surface area contributed by atoms with Gasteiger partial charge in [-0.1, -0.05) is 48.5 Å². The van der Waals surface area contributed by atoms with Crippen molar-refractivity contribution in [3.63, 3.8) is 0 Å². The second kappa shape index (κ2) is 7.94. The normalized spacial score (nSPS) is 16.2. The van der Waals surface area contributed by atoms with E-state index >= 15 is 0 Å². The third kappa shape index (κ3) is 3.21. The summed E-state index contributed by atoms with van der Waals surface area (Å²) >= 11 is 3.60. The van der Waals surface area contributed by atoms with Gasteiger partial charge in [0.1, 0.15) is 5.82 Å². The Morgan fingerprint density at radius 3 is 2.28 bits per heavy atom. The number of nitrogens with zero attached hydrogens (tertiary/aromatic N) is 5. The highest BCUT2D eigenvalue weighted by Gasteiger charge is 2.32. The lowest BCUT2D eigenvalue weighted by molar-refractivity contribution is 0.176.